The average Bonchev–Trinajstić information content (AvgIpc) is 3.07. The molecule has 5 rings (SSSR count). The number of aromatic nitrogens is 4. The van der Waals surface area contributed by atoms with E-state index in [1.54, 1.807) is 6.20 Å². The van der Waals surface area contributed by atoms with Crippen LogP contribution in [0.5, 0.6) is 0 Å². The van der Waals surface area contributed by atoms with E-state index < -0.39 is 0 Å². The molecule has 0 radical (unpaired) electrons. The van der Waals surface area contributed by atoms with Crippen molar-refractivity contribution in [3.8, 4) is 11.4 Å². The van der Waals surface area contributed by atoms with Gasteiger partial charge >= 0.3 is 0 Å². The molecule has 0 unspecified atom stereocenters. The molecule has 1 aliphatic rings. The van der Waals surface area contributed by atoms with Crippen LogP contribution in [0, 0.1) is 13.8 Å². The van der Waals surface area contributed by atoms with Crippen molar-refractivity contribution in [1.82, 2.24) is 19.9 Å². The van der Waals surface area contributed by atoms with Crippen molar-refractivity contribution >= 4 is 28.3 Å². The predicted octanol–water partition coefficient (Wildman–Crippen LogP) is 4.85. The first-order valence-corrected chi connectivity index (χ1v) is 9.77. The fourth-order valence-electron chi connectivity index (χ4n) is 3.91. The molecular weight excluding hydrogens is 370 g/mol. The number of hydrogen-bond acceptors (Lipinski definition) is 4. The van der Waals surface area contributed by atoms with Gasteiger partial charge in [-0.25, -0.2) is 9.97 Å². The monoisotopic (exact) mass is 389 g/mol. The van der Waals surface area contributed by atoms with Gasteiger partial charge in [-0.1, -0.05) is 11.6 Å². The van der Waals surface area contributed by atoms with Crippen molar-refractivity contribution in [3.63, 3.8) is 0 Å². The van der Waals surface area contributed by atoms with Crippen molar-refractivity contribution in [2.75, 3.05) is 11.4 Å². The molecule has 140 valence electrons. The van der Waals surface area contributed by atoms with Gasteiger partial charge in [-0.3, -0.25) is 4.98 Å². The third-order valence-corrected chi connectivity index (χ3v) is 5.76. The van der Waals surface area contributed by atoms with Crippen LogP contribution in [0.25, 0.3) is 22.3 Å². The Morgan fingerprint density at radius 2 is 2.04 bits per heavy atom. The minimum Gasteiger partial charge on any atom is -0.358 e. The van der Waals surface area contributed by atoms with Gasteiger partial charge in [0.05, 0.1) is 0 Å². The minimum absolute atomic E-state index is 0.721. The van der Waals surface area contributed by atoms with E-state index >= 15 is 0 Å². The predicted molar refractivity (Wildman–Crippen MR) is 113 cm³/mol. The number of halogens is 1. The zero-order chi connectivity index (χ0) is 19.3. The minimum atomic E-state index is 0.721. The second-order valence-corrected chi connectivity index (χ2v) is 7.70. The number of fused-ring (bicyclic) bond motifs is 3. The fourth-order valence-corrected chi connectivity index (χ4v) is 4.08. The number of hydrogen-bond donors (Lipinski definition) is 1. The maximum atomic E-state index is 6.25. The normalized spacial score (nSPS) is 13.8. The average molecular weight is 390 g/mol. The van der Waals surface area contributed by atoms with Crippen LogP contribution in [0.15, 0.2) is 42.7 Å². The number of benzene rings is 1. The van der Waals surface area contributed by atoms with Gasteiger partial charge in [-0.15, -0.1) is 0 Å². The molecule has 1 N–H and O–H groups in total. The smallest absolute Gasteiger partial charge is 0.163 e. The molecule has 0 spiro atoms. The van der Waals surface area contributed by atoms with Gasteiger partial charge in [0, 0.05) is 75.9 Å². The first-order chi connectivity index (χ1) is 13.6. The SMILES string of the molecule is Cc1nc(-c2cccnc2)nc(N2CCc3[nH]c4ccc(Cl)cc4c3C2)c1C. The van der Waals surface area contributed by atoms with Gasteiger partial charge in [0.25, 0.3) is 0 Å². The van der Waals surface area contributed by atoms with E-state index in [2.05, 4.69) is 33.9 Å². The van der Waals surface area contributed by atoms with Crippen LogP contribution < -0.4 is 4.90 Å². The van der Waals surface area contributed by atoms with Gasteiger partial charge in [0.15, 0.2) is 5.82 Å². The third kappa shape index (κ3) is 2.83. The Balaban J connectivity index is 1.58. The molecule has 0 fully saturated rings. The lowest BCUT2D eigenvalue weighted by atomic mass is 10.0. The van der Waals surface area contributed by atoms with E-state index in [0.29, 0.717) is 0 Å². The van der Waals surface area contributed by atoms with E-state index in [9.17, 15) is 0 Å². The summed E-state index contributed by atoms with van der Waals surface area (Å²) in [6, 6.07) is 9.95. The number of aryl methyl sites for hydroxylation is 1. The summed E-state index contributed by atoms with van der Waals surface area (Å²) in [5.74, 6) is 1.72. The van der Waals surface area contributed by atoms with Crippen LogP contribution in [-0.4, -0.2) is 26.5 Å². The molecule has 0 saturated carbocycles. The molecule has 0 aliphatic carbocycles. The first-order valence-electron chi connectivity index (χ1n) is 9.40. The van der Waals surface area contributed by atoms with Gasteiger partial charge in [0.2, 0.25) is 0 Å². The first kappa shape index (κ1) is 17.2. The van der Waals surface area contributed by atoms with Crippen LogP contribution in [0.3, 0.4) is 0 Å². The van der Waals surface area contributed by atoms with Gasteiger partial charge in [-0.05, 0) is 44.2 Å². The summed E-state index contributed by atoms with van der Waals surface area (Å²) in [6.45, 7) is 5.86. The second-order valence-electron chi connectivity index (χ2n) is 7.27. The molecule has 28 heavy (non-hydrogen) atoms. The second kappa shape index (κ2) is 6.60. The van der Waals surface area contributed by atoms with E-state index in [1.165, 1.54) is 16.6 Å². The summed E-state index contributed by atoms with van der Waals surface area (Å²) in [6.07, 6.45) is 4.52. The van der Waals surface area contributed by atoms with Crippen LogP contribution in [0.2, 0.25) is 5.02 Å². The van der Waals surface area contributed by atoms with E-state index in [0.717, 1.165) is 58.5 Å². The molecule has 5 nitrogen and oxygen atoms in total. The Morgan fingerprint density at radius 1 is 1.14 bits per heavy atom. The molecule has 4 heterocycles. The molecule has 0 amide bonds. The quantitative estimate of drug-likeness (QED) is 0.532. The molecule has 0 saturated heterocycles. The van der Waals surface area contributed by atoms with E-state index in [1.807, 2.05) is 31.3 Å². The molecule has 6 heteroatoms. The molecular formula is C22H20ClN5. The molecule has 0 atom stereocenters. The summed E-state index contributed by atoms with van der Waals surface area (Å²) in [7, 11) is 0. The van der Waals surface area contributed by atoms with Crippen molar-refractivity contribution < 1.29 is 0 Å². The van der Waals surface area contributed by atoms with E-state index in [-0.39, 0.29) is 0 Å². The van der Waals surface area contributed by atoms with Crippen molar-refractivity contribution in [2.24, 2.45) is 0 Å². The zero-order valence-electron chi connectivity index (χ0n) is 15.8. The lowest BCUT2D eigenvalue weighted by Crippen LogP contribution is -2.31. The highest BCUT2D eigenvalue weighted by Crippen LogP contribution is 2.33. The zero-order valence-corrected chi connectivity index (χ0v) is 16.6. The number of anilines is 1. The summed E-state index contributed by atoms with van der Waals surface area (Å²) < 4.78 is 0. The lowest BCUT2D eigenvalue weighted by Gasteiger charge is -2.30. The largest absolute Gasteiger partial charge is 0.358 e. The van der Waals surface area contributed by atoms with Crippen molar-refractivity contribution in [2.45, 2.75) is 26.8 Å². The maximum absolute atomic E-state index is 6.25. The van der Waals surface area contributed by atoms with Crippen LogP contribution in [0.4, 0.5) is 5.82 Å². The highest BCUT2D eigenvalue weighted by atomic mass is 35.5. The van der Waals surface area contributed by atoms with Crippen molar-refractivity contribution in [1.29, 1.82) is 0 Å². The highest BCUT2D eigenvalue weighted by molar-refractivity contribution is 6.31. The van der Waals surface area contributed by atoms with Crippen LogP contribution in [0.1, 0.15) is 22.5 Å². The van der Waals surface area contributed by atoms with Crippen molar-refractivity contribution in [3.05, 3.63) is 70.3 Å². The number of H-pyrrole nitrogens is 1. The fraction of sp³-hybridized carbons (Fsp3) is 0.227. The number of aromatic amines is 1. The Hall–Kier alpha value is -2.92. The summed E-state index contributed by atoms with van der Waals surface area (Å²) in [4.78, 5) is 19.7. The van der Waals surface area contributed by atoms with Crippen LogP contribution >= 0.6 is 11.6 Å². The lowest BCUT2D eigenvalue weighted by molar-refractivity contribution is 0.711. The van der Waals surface area contributed by atoms with Gasteiger partial charge < -0.3 is 9.88 Å². The number of nitrogens with zero attached hydrogens (tertiary/aromatic N) is 4. The third-order valence-electron chi connectivity index (χ3n) is 5.52. The summed E-state index contributed by atoms with van der Waals surface area (Å²) in [5, 5.41) is 1.96. The molecule has 1 aliphatic heterocycles. The Bertz CT molecular complexity index is 1180. The molecule has 4 aromatic rings. The summed E-state index contributed by atoms with van der Waals surface area (Å²) >= 11 is 6.25. The van der Waals surface area contributed by atoms with Crippen LogP contribution in [-0.2, 0) is 13.0 Å². The Morgan fingerprint density at radius 3 is 2.86 bits per heavy atom. The summed E-state index contributed by atoms with van der Waals surface area (Å²) in [5.41, 5.74) is 6.80. The molecule has 3 aromatic heterocycles. The number of rotatable bonds is 2. The standard InChI is InChI=1S/C22H20ClN5/c1-13-14(2)25-21(15-4-3-8-24-11-15)27-22(13)28-9-7-20-18(12-28)17-10-16(23)5-6-19(17)26-20/h3-6,8,10-11,26H,7,9,12H2,1-2H3. The Kier molecular flexibility index (Phi) is 4.05. The van der Waals surface area contributed by atoms with Gasteiger partial charge in [-0.2, -0.15) is 0 Å². The Labute approximate surface area is 168 Å². The highest BCUT2D eigenvalue weighted by Gasteiger charge is 2.24. The molecule has 0 bridgehead atoms. The number of nitrogens with one attached hydrogen (secondary N) is 1. The maximum Gasteiger partial charge on any atom is 0.163 e. The topological polar surface area (TPSA) is 57.7 Å². The number of pyridine rings is 1. The van der Waals surface area contributed by atoms with E-state index in [4.69, 9.17) is 21.6 Å². The molecule has 1 aromatic carbocycles. The van der Waals surface area contributed by atoms with Gasteiger partial charge in [0.1, 0.15) is 5.82 Å².